The topological polar surface area (TPSA) is 79.5 Å². The Morgan fingerprint density at radius 3 is 2.44 bits per heavy atom. The highest BCUT2D eigenvalue weighted by Crippen LogP contribution is 2.15. The molecule has 0 aromatic heterocycles. The maximum absolute atomic E-state index is 13.0. The molecule has 0 saturated carbocycles. The Morgan fingerprint density at radius 1 is 0.969 bits per heavy atom. The molecule has 1 unspecified atom stereocenters. The van der Waals surface area contributed by atoms with E-state index in [1.54, 1.807) is 25.3 Å². The van der Waals surface area contributed by atoms with Gasteiger partial charge < -0.3 is 20.7 Å². The van der Waals surface area contributed by atoms with Crippen LogP contribution in [0.1, 0.15) is 28.4 Å². The van der Waals surface area contributed by atoms with Gasteiger partial charge in [0.2, 0.25) is 0 Å². The number of hydrogen-bond acceptors (Lipinski definition) is 3. The third-order valence-corrected chi connectivity index (χ3v) is 4.80. The quantitative estimate of drug-likeness (QED) is 0.487. The summed E-state index contributed by atoms with van der Waals surface area (Å²) in [4.78, 5) is 24.6. The molecule has 0 radical (unpaired) electrons. The molecule has 0 aliphatic rings. The monoisotopic (exact) mass is 435 g/mol. The lowest BCUT2D eigenvalue weighted by Gasteiger charge is -2.15. The first-order valence-corrected chi connectivity index (χ1v) is 10.3. The largest absolute Gasteiger partial charge is 0.497 e. The number of anilines is 1. The summed E-state index contributed by atoms with van der Waals surface area (Å²) in [6, 6.07) is 19.9. The van der Waals surface area contributed by atoms with E-state index < -0.39 is 5.82 Å². The lowest BCUT2D eigenvalue weighted by atomic mass is 10.1. The van der Waals surface area contributed by atoms with Gasteiger partial charge in [-0.25, -0.2) is 9.18 Å². The Hall–Kier alpha value is -3.87. The van der Waals surface area contributed by atoms with Gasteiger partial charge in [-0.2, -0.15) is 0 Å². The van der Waals surface area contributed by atoms with Crippen LogP contribution in [0.4, 0.5) is 14.9 Å². The van der Waals surface area contributed by atoms with Crippen LogP contribution in [0.3, 0.4) is 0 Å². The van der Waals surface area contributed by atoms with Crippen molar-refractivity contribution in [3.63, 3.8) is 0 Å². The molecule has 0 heterocycles. The molecule has 0 aliphatic heterocycles. The number of hydrogen-bond donors (Lipinski definition) is 3. The highest BCUT2D eigenvalue weighted by atomic mass is 19.1. The third kappa shape index (κ3) is 6.84. The van der Waals surface area contributed by atoms with E-state index in [1.165, 1.54) is 24.3 Å². The van der Waals surface area contributed by atoms with Crippen molar-refractivity contribution in [1.29, 1.82) is 0 Å². The van der Waals surface area contributed by atoms with E-state index in [0.717, 1.165) is 16.9 Å². The molecule has 6 nitrogen and oxygen atoms in total. The first kappa shape index (κ1) is 22.8. The zero-order valence-electron chi connectivity index (χ0n) is 18.0. The zero-order chi connectivity index (χ0) is 22.9. The van der Waals surface area contributed by atoms with Crippen LogP contribution < -0.4 is 20.7 Å². The molecule has 3 aromatic carbocycles. The number of methoxy groups -OCH3 is 1. The van der Waals surface area contributed by atoms with E-state index in [1.807, 2.05) is 37.3 Å². The molecule has 3 N–H and O–H groups in total. The van der Waals surface area contributed by atoms with Gasteiger partial charge in [0.15, 0.2) is 0 Å². The average Bonchev–Trinajstić information content (AvgIpc) is 2.78. The molecule has 7 heteroatoms. The predicted molar refractivity (Wildman–Crippen MR) is 122 cm³/mol. The maximum Gasteiger partial charge on any atom is 0.315 e. The number of rotatable bonds is 8. The van der Waals surface area contributed by atoms with E-state index in [-0.39, 0.29) is 18.0 Å². The standard InChI is InChI=1S/C25H26FN3O3/c1-17(13-18-5-4-8-23(15-18)32-2)28-25(31)27-16-19-6-3-7-22(14-19)29-24(30)20-9-11-21(26)12-10-20/h3-12,14-15,17H,13,16H2,1-2H3,(H,29,30)(H2,27,28,31). The number of nitrogens with one attached hydrogen (secondary N) is 3. The molecule has 3 amide bonds. The van der Waals surface area contributed by atoms with Gasteiger partial charge in [-0.15, -0.1) is 0 Å². The fourth-order valence-electron chi connectivity index (χ4n) is 3.22. The van der Waals surface area contributed by atoms with Crippen LogP contribution in [0, 0.1) is 5.82 Å². The van der Waals surface area contributed by atoms with Gasteiger partial charge in [0, 0.05) is 23.8 Å². The lowest BCUT2D eigenvalue weighted by Crippen LogP contribution is -2.41. The van der Waals surface area contributed by atoms with Crippen molar-refractivity contribution < 1.29 is 18.7 Å². The van der Waals surface area contributed by atoms with Crippen LogP contribution in [-0.4, -0.2) is 25.1 Å². The van der Waals surface area contributed by atoms with Crippen molar-refractivity contribution in [3.05, 3.63) is 95.3 Å². The van der Waals surface area contributed by atoms with Crippen LogP contribution in [-0.2, 0) is 13.0 Å². The number of ether oxygens (including phenoxy) is 1. The van der Waals surface area contributed by atoms with E-state index in [0.29, 0.717) is 24.2 Å². The molecule has 32 heavy (non-hydrogen) atoms. The maximum atomic E-state index is 13.0. The number of carbonyl (C=O) groups excluding carboxylic acids is 2. The van der Waals surface area contributed by atoms with Gasteiger partial charge in [-0.05, 0) is 73.0 Å². The number of halogens is 1. The summed E-state index contributed by atoms with van der Waals surface area (Å²) in [5, 5.41) is 8.52. The van der Waals surface area contributed by atoms with Crippen LogP contribution in [0.15, 0.2) is 72.8 Å². The van der Waals surface area contributed by atoms with Crippen LogP contribution >= 0.6 is 0 Å². The van der Waals surface area contributed by atoms with Crippen LogP contribution in [0.2, 0.25) is 0 Å². The zero-order valence-corrected chi connectivity index (χ0v) is 18.0. The van der Waals surface area contributed by atoms with Crippen molar-refractivity contribution in [2.45, 2.75) is 25.9 Å². The van der Waals surface area contributed by atoms with Crippen molar-refractivity contribution in [3.8, 4) is 5.75 Å². The normalized spacial score (nSPS) is 11.3. The Bertz CT molecular complexity index is 1070. The highest BCUT2D eigenvalue weighted by Gasteiger charge is 2.10. The predicted octanol–water partition coefficient (Wildman–Crippen LogP) is 4.52. The van der Waals surface area contributed by atoms with E-state index in [2.05, 4.69) is 16.0 Å². The smallest absolute Gasteiger partial charge is 0.315 e. The second kappa shape index (κ2) is 10.9. The first-order valence-electron chi connectivity index (χ1n) is 10.3. The summed E-state index contributed by atoms with van der Waals surface area (Å²) < 4.78 is 18.3. The van der Waals surface area contributed by atoms with Crippen molar-refractivity contribution >= 4 is 17.6 Å². The molecular formula is C25H26FN3O3. The van der Waals surface area contributed by atoms with Gasteiger partial charge >= 0.3 is 6.03 Å². The fraction of sp³-hybridized carbons (Fsp3) is 0.200. The Kier molecular flexibility index (Phi) is 7.80. The van der Waals surface area contributed by atoms with E-state index in [4.69, 9.17) is 4.74 Å². The summed E-state index contributed by atoms with van der Waals surface area (Å²) in [7, 11) is 1.62. The molecule has 0 aliphatic carbocycles. The van der Waals surface area contributed by atoms with Crippen molar-refractivity contribution in [1.82, 2.24) is 10.6 Å². The molecule has 0 fully saturated rings. The summed E-state index contributed by atoms with van der Waals surface area (Å²) >= 11 is 0. The number of benzene rings is 3. The minimum absolute atomic E-state index is 0.0663. The molecule has 3 rings (SSSR count). The Morgan fingerprint density at radius 2 is 1.69 bits per heavy atom. The highest BCUT2D eigenvalue weighted by molar-refractivity contribution is 6.04. The van der Waals surface area contributed by atoms with Crippen molar-refractivity contribution in [2.75, 3.05) is 12.4 Å². The summed E-state index contributed by atoms with van der Waals surface area (Å²) in [5.41, 5.74) is 2.85. The molecule has 0 bridgehead atoms. The minimum Gasteiger partial charge on any atom is -0.497 e. The lowest BCUT2D eigenvalue weighted by molar-refractivity contribution is 0.102. The Balaban J connectivity index is 1.49. The Labute approximate surface area is 186 Å². The summed E-state index contributed by atoms with van der Waals surface area (Å²) in [5.74, 6) is 0.0514. The third-order valence-electron chi connectivity index (χ3n) is 4.80. The molecular weight excluding hydrogens is 409 g/mol. The molecule has 0 saturated heterocycles. The second-order valence-corrected chi connectivity index (χ2v) is 7.45. The second-order valence-electron chi connectivity index (χ2n) is 7.45. The van der Waals surface area contributed by atoms with E-state index in [9.17, 15) is 14.0 Å². The molecule has 3 aromatic rings. The average molecular weight is 435 g/mol. The van der Waals surface area contributed by atoms with Gasteiger partial charge in [0.25, 0.3) is 5.91 Å². The number of carbonyl (C=O) groups is 2. The first-order chi connectivity index (χ1) is 15.4. The number of amides is 3. The van der Waals surface area contributed by atoms with Gasteiger partial charge in [0.05, 0.1) is 7.11 Å². The van der Waals surface area contributed by atoms with Gasteiger partial charge in [0.1, 0.15) is 11.6 Å². The van der Waals surface area contributed by atoms with Crippen LogP contribution in [0.5, 0.6) is 5.75 Å². The number of urea groups is 1. The van der Waals surface area contributed by atoms with Gasteiger partial charge in [-0.1, -0.05) is 24.3 Å². The summed E-state index contributed by atoms with van der Waals surface area (Å²) in [6.45, 7) is 2.24. The summed E-state index contributed by atoms with van der Waals surface area (Å²) in [6.07, 6.45) is 0.676. The molecule has 166 valence electrons. The fourth-order valence-corrected chi connectivity index (χ4v) is 3.22. The van der Waals surface area contributed by atoms with Crippen LogP contribution in [0.25, 0.3) is 0 Å². The minimum atomic E-state index is -0.397. The van der Waals surface area contributed by atoms with Gasteiger partial charge in [-0.3, -0.25) is 4.79 Å². The SMILES string of the molecule is COc1cccc(CC(C)NC(=O)NCc2cccc(NC(=O)c3ccc(F)cc3)c2)c1. The molecule has 1 atom stereocenters. The van der Waals surface area contributed by atoms with Crippen molar-refractivity contribution in [2.24, 2.45) is 0 Å². The van der Waals surface area contributed by atoms with E-state index >= 15 is 0 Å². The molecule has 0 spiro atoms.